The largest absolute Gasteiger partial charge is 0.756 e. The van der Waals surface area contributed by atoms with Gasteiger partial charge in [0.1, 0.15) is 19.8 Å². The number of phosphoric acid groups is 1. The van der Waals surface area contributed by atoms with E-state index in [2.05, 4.69) is 148 Å². The second-order valence-electron chi connectivity index (χ2n) is 20.3. The molecule has 0 rings (SSSR count). The van der Waals surface area contributed by atoms with Crippen molar-refractivity contribution in [3.8, 4) is 0 Å². The summed E-state index contributed by atoms with van der Waals surface area (Å²) >= 11 is 0. The first-order valence-corrected chi connectivity index (χ1v) is 30.9. The number of carbonyl (C=O) groups is 2. The number of ether oxygens (including phenoxy) is 2. The molecule has 10 heteroatoms. The molecule has 2 atom stereocenters. The molecule has 75 heavy (non-hydrogen) atoms. The number of likely N-dealkylation sites (N-methyl/N-ethyl adjacent to an activating group) is 1. The van der Waals surface area contributed by atoms with E-state index >= 15 is 0 Å². The Bertz CT molecular complexity index is 1730. The molecule has 0 saturated carbocycles. The molecule has 0 aromatic rings. The molecule has 426 valence electrons. The standard InChI is InChI=1S/C65H108NO8P/c1-6-8-10-12-14-16-18-20-21-22-23-24-25-26-27-28-29-30-31-32-33-34-35-36-37-38-39-40-41-42-43-44-45-46-48-50-52-54-56-58-65(68)74-63(62-73-75(69,70)72-60-59-66(3,4)5)61-71-64(67)57-55-53-51-49-47-19-17-15-13-11-9-7-2/h8,10,14,16,20-21,23-24,26-27,29-30,32-33,35-36,38-39,41-42,44-45,63H,6-7,9,11-13,15,17-19,22,25,28,31,34,37,40,43,46-62H2,1-5H3/b10-8-,16-14-,21-20-,24-23-,27-26-,30-29-,33-32-,36-35-,39-38-,42-41-,45-44-. The van der Waals surface area contributed by atoms with E-state index in [0.29, 0.717) is 17.4 Å². The number of hydrogen-bond donors (Lipinski definition) is 0. The number of unbranched alkanes of at least 4 members (excludes halogenated alkanes) is 16. The van der Waals surface area contributed by atoms with Crippen LogP contribution in [0.1, 0.15) is 213 Å². The molecule has 0 fully saturated rings. The molecule has 0 saturated heterocycles. The zero-order valence-electron chi connectivity index (χ0n) is 48.2. The maximum Gasteiger partial charge on any atom is 0.306 e. The summed E-state index contributed by atoms with van der Waals surface area (Å²) in [5, 5.41) is 0. The fraction of sp³-hybridized carbons (Fsp3) is 0.631. The summed E-state index contributed by atoms with van der Waals surface area (Å²) in [6, 6.07) is 0. The molecule has 0 amide bonds. The third-order valence-corrected chi connectivity index (χ3v) is 12.9. The molecule has 0 aromatic carbocycles. The lowest BCUT2D eigenvalue weighted by Gasteiger charge is -2.28. The molecule has 0 spiro atoms. The Hall–Kier alpha value is -3.85. The van der Waals surface area contributed by atoms with Crippen molar-refractivity contribution >= 4 is 19.8 Å². The highest BCUT2D eigenvalue weighted by Gasteiger charge is 2.21. The van der Waals surface area contributed by atoms with Gasteiger partial charge in [0.15, 0.2) is 6.10 Å². The van der Waals surface area contributed by atoms with Gasteiger partial charge in [0.25, 0.3) is 7.82 Å². The van der Waals surface area contributed by atoms with Crippen molar-refractivity contribution in [2.45, 2.75) is 219 Å². The molecule has 0 aliphatic carbocycles. The predicted octanol–water partition coefficient (Wildman–Crippen LogP) is 17.9. The van der Waals surface area contributed by atoms with Crippen LogP contribution in [-0.2, 0) is 32.7 Å². The molecule has 0 aliphatic rings. The summed E-state index contributed by atoms with van der Waals surface area (Å²) < 4.78 is 34.0. The van der Waals surface area contributed by atoms with Crippen LogP contribution in [0, 0.1) is 0 Å². The minimum Gasteiger partial charge on any atom is -0.756 e. The van der Waals surface area contributed by atoms with Gasteiger partial charge >= 0.3 is 11.9 Å². The molecule has 9 nitrogen and oxygen atoms in total. The second-order valence-corrected chi connectivity index (χ2v) is 21.7. The maximum absolute atomic E-state index is 12.8. The van der Waals surface area contributed by atoms with E-state index in [0.717, 1.165) is 122 Å². The summed E-state index contributed by atoms with van der Waals surface area (Å²) in [4.78, 5) is 37.7. The molecule has 0 radical (unpaired) electrons. The Morgan fingerprint density at radius 2 is 0.760 bits per heavy atom. The number of nitrogens with zero attached hydrogens (tertiary/aromatic N) is 1. The average Bonchev–Trinajstić information content (AvgIpc) is 3.37. The number of esters is 2. The fourth-order valence-corrected chi connectivity index (χ4v) is 8.15. The number of allylic oxidation sites excluding steroid dienone is 22. The van der Waals surface area contributed by atoms with Crippen LogP contribution < -0.4 is 4.89 Å². The van der Waals surface area contributed by atoms with Crippen molar-refractivity contribution in [2.75, 3.05) is 47.5 Å². The van der Waals surface area contributed by atoms with E-state index in [1.807, 2.05) is 21.1 Å². The SMILES string of the molecule is CC/C=C\C/C=C\C/C=C\C/C=C\C/C=C\C/C=C\C/C=C\C/C=C\C/C=C\C/C=C\C/C=C\CCCCCCCC(=O)OC(COC(=O)CCCCCCCCCCCCCC)COP(=O)([O-])OCC[N+](C)(C)C. The van der Waals surface area contributed by atoms with Gasteiger partial charge in [-0.3, -0.25) is 14.2 Å². The van der Waals surface area contributed by atoms with Gasteiger partial charge in [0.05, 0.1) is 27.7 Å². The van der Waals surface area contributed by atoms with Gasteiger partial charge in [0, 0.05) is 12.8 Å². The number of quaternary nitrogens is 1. The third kappa shape index (κ3) is 59.3. The lowest BCUT2D eigenvalue weighted by Crippen LogP contribution is -2.37. The van der Waals surface area contributed by atoms with E-state index in [4.69, 9.17) is 18.5 Å². The summed E-state index contributed by atoms with van der Waals surface area (Å²) in [5.41, 5.74) is 0. The highest BCUT2D eigenvalue weighted by atomic mass is 31.2. The Balaban J connectivity index is 4.16. The van der Waals surface area contributed by atoms with E-state index in [1.165, 1.54) is 57.8 Å². The summed E-state index contributed by atoms with van der Waals surface area (Å²) in [6.07, 6.45) is 79.4. The topological polar surface area (TPSA) is 111 Å². The minimum absolute atomic E-state index is 0.0405. The smallest absolute Gasteiger partial charge is 0.306 e. The highest BCUT2D eigenvalue weighted by Crippen LogP contribution is 2.38. The first-order valence-electron chi connectivity index (χ1n) is 29.4. The van der Waals surface area contributed by atoms with Crippen molar-refractivity contribution in [3.05, 3.63) is 134 Å². The van der Waals surface area contributed by atoms with Crippen LogP contribution in [0.15, 0.2) is 134 Å². The molecule has 2 unspecified atom stereocenters. The molecule has 0 aliphatic heterocycles. The monoisotopic (exact) mass is 1060 g/mol. The van der Waals surface area contributed by atoms with Crippen LogP contribution in [0.4, 0.5) is 0 Å². The quantitative estimate of drug-likeness (QED) is 0.0195. The fourth-order valence-electron chi connectivity index (χ4n) is 7.42. The maximum atomic E-state index is 12.8. The average molecular weight is 1060 g/mol. The lowest BCUT2D eigenvalue weighted by atomic mass is 10.0. The Morgan fingerprint density at radius 1 is 0.427 bits per heavy atom. The zero-order valence-corrected chi connectivity index (χ0v) is 49.1. The van der Waals surface area contributed by atoms with Crippen LogP contribution in [0.25, 0.3) is 0 Å². The van der Waals surface area contributed by atoms with Gasteiger partial charge in [-0.1, -0.05) is 237 Å². The number of carbonyl (C=O) groups excluding carboxylic acids is 2. The van der Waals surface area contributed by atoms with E-state index in [-0.39, 0.29) is 26.1 Å². The van der Waals surface area contributed by atoms with Crippen LogP contribution >= 0.6 is 7.82 Å². The van der Waals surface area contributed by atoms with Crippen molar-refractivity contribution < 1.29 is 42.1 Å². The van der Waals surface area contributed by atoms with E-state index < -0.39 is 32.5 Å². The molecule has 0 heterocycles. The molecule has 0 aromatic heterocycles. The van der Waals surface area contributed by atoms with Gasteiger partial charge in [-0.2, -0.15) is 0 Å². The van der Waals surface area contributed by atoms with Crippen LogP contribution in [0.3, 0.4) is 0 Å². The summed E-state index contributed by atoms with van der Waals surface area (Å²) in [5.74, 6) is -0.863. The van der Waals surface area contributed by atoms with Gasteiger partial charge in [-0.25, -0.2) is 0 Å². The second kappa shape index (κ2) is 54.9. The van der Waals surface area contributed by atoms with Crippen LogP contribution in [0.5, 0.6) is 0 Å². The van der Waals surface area contributed by atoms with Gasteiger partial charge < -0.3 is 27.9 Å². The number of hydrogen-bond acceptors (Lipinski definition) is 8. The molecule has 0 N–H and O–H groups in total. The first-order chi connectivity index (χ1) is 36.5. The van der Waals surface area contributed by atoms with E-state index in [1.54, 1.807) is 0 Å². The van der Waals surface area contributed by atoms with Crippen LogP contribution in [0.2, 0.25) is 0 Å². The van der Waals surface area contributed by atoms with Crippen molar-refractivity contribution in [2.24, 2.45) is 0 Å². The number of rotatable bonds is 52. The number of phosphoric ester groups is 1. The Kier molecular flexibility index (Phi) is 52.1. The minimum atomic E-state index is -4.64. The predicted molar refractivity (Wildman–Crippen MR) is 318 cm³/mol. The van der Waals surface area contributed by atoms with Crippen molar-refractivity contribution in [3.63, 3.8) is 0 Å². The normalized spacial score (nSPS) is 14.3. The zero-order chi connectivity index (χ0) is 54.9. The lowest BCUT2D eigenvalue weighted by molar-refractivity contribution is -0.870. The van der Waals surface area contributed by atoms with Gasteiger partial charge in [0.2, 0.25) is 0 Å². The van der Waals surface area contributed by atoms with Gasteiger partial charge in [-0.05, 0) is 96.3 Å². The van der Waals surface area contributed by atoms with Crippen molar-refractivity contribution in [1.29, 1.82) is 0 Å². The molecular weight excluding hydrogens is 954 g/mol. The third-order valence-electron chi connectivity index (χ3n) is 11.9. The van der Waals surface area contributed by atoms with E-state index in [9.17, 15) is 19.0 Å². The Morgan fingerprint density at radius 3 is 1.13 bits per heavy atom. The first kappa shape index (κ1) is 71.2. The Labute approximate surface area is 460 Å². The van der Waals surface area contributed by atoms with Gasteiger partial charge in [-0.15, -0.1) is 0 Å². The van der Waals surface area contributed by atoms with Crippen molar-refractivity contribution in [1.82, 2.24) is 0 Å². The summed E-state index contributed by atoms with van der Waals surface area (Å²) in [7, 11) is 1.14. The molecular formula is C65H108NO8P. The van der Waals surface area contributed by atoms with Crippen LogP contribution in [-0.4, -0.2) is 70.0 Å². The highest BCUT2D eigenvalue weighted by molar-refractivity contribution is 7.45. The summed E-state index contributed by atoms with van der Waals surface area (Å²) in [6.45, 7) is 4.07. The molecule has 0 bridgehead atoms.